The molecule has 0 atom stereocenters. The monoisotopic (exact) mass is 391 g/mol. The van der Waals surface area contributed by atoms with Crippen LogP contribution in [-0.4, -0.2) is 36.5 Å². The number of amides is 1. The molecule has 0 saturated heterocycles. The first-order valence-electron chi connectivity index (χ1n) is 8.53. The molecule has 27 heavy (non-hydrogen) atoms. The van der Waals surface area contributed by atoms with Crippen LogP contribution < -0.4 is 4.74 Å². The van der Waals surface area contributed by atoms with E-state index in [1.165, 1.54) is 19.2 Å². The van der Waals surface area contributed by atoms with Crippen molar-refractivity contribution in [2.75, 3.05) is 13.7 Å². The summed E-state index contributed by atoms with van der Waals surface area (Å²) in [5, 5.41) is 0.355. The van der Waals surface area contributed by atoms with E-state index in [0.717, 1.165) is 12.8 Å². The van der Waals surface area contributed by atoms with E-state index < -0.39 is 12.6 Å². The van der Waals surface area contributed by atoms with Gasteiger partial charge in [-0.25, -0.2) is 9.18 Å². The molecule has 0 radical (unpaired) electrons. The Morgan fingerprint density at radius 3 is 2.63 bits per heavy atom. The lowest BCUT2D eigenvalue weighted by molar-refractivity contribution is -0.135. The lowest BCUT2D eigenvalue weighted by atomic mass is 10.2. The highest BCUT2D eigenvalue weighted by molar-refractivity contribution is 6.31. The van der Waals surface area contributed by atoms with Crippen LogP contribution in [0.2, 0.25) is 5.02 Å². The smallest absolute Gasteiger partial charge is 0.342 e. The maximum atomic E-state index is 13.9. The molecule has 0 bridgehead atoms. The van der Waals surface area contributed by atoms with Gasteiger partial charge >= 0.3 is 5.97 Å². The van der Waals surface area contributed by atoms with E-state index in [9.17, 15) is 14.0 Å². The van der Waals surface area contributed by atoms with Gasteiger partial charge in [-0.3, -0.25) is 4.79 Å². The third-order valence-electron chi connectivity index (χ3n) is 4.31. The van der Waals surface area contributed by atoms with Crippen LogP contribution >= 0.6 is 11.6 Å². The Morgan fingerprint density at radius 1 is 1.22 bits per heavy atom. The summed E-state index contributed by atoms with van der Waals surface area (Å²) < 4.78 is 24.2. The van der Waals surface area contributed by atoms with Crippen molar-refractivity contribution in [3.05, 3.63) is 64.4 Å². The van der Waals surface area contributed by atoms with E-state index in [1.807, 2.05) is 0 Å². The van der Waals surface area contributed by atoms with Gasteiger partial charge in [0.25, 0.3) is 5.91 Å². The molecule has 1 amide bonds. The molecule has 7 heteroatoms. The molecular formula is C20H19ClFNO4. The van der Waals surface area contributed by atoms with E-state index >= 15 is 0 Å². The minimum absolute atomic E-state index is 0.0523. The van der Waals surface area contributed by atoms with Gasteiger partial charge in [-0.2, -0.15) is 0 Å². The molecule has 2 aromatic carbocycles. The van der Waals surface area contributed by atoms with Crippen LogP contribution in [-0.2, 0) is 16.1 Å². The number of rotatable bonds is 7. The van der Waals surface area contributed by atoms with E-state index in [0.29, 0.717) is 16.3 Å². The molecule has 0 aliphatic heterocycles. The molecule has 0 N–H and O–H groups in total. The maximum Gasteiger partial charge on any atom is 0.342 e. The summed E-state index contributed by atoms with van der Waals surface area (Å²) >= 11 is 5.91. The summed E-state index contributed by atoms with van der Waals surface area (Å²) in [5.41, 5.74) is 0.575. The van der Waals surface area contributed by atoms with Crippen LogP contribution in [0.3, 0.4) is 0 Å². The van der Waals surface area contributed by atoms with Gasteiger partial charge in [-0.15, -0.1) is 0 Å². The number of carbonyl (C=O) groups excluding carboxylic acids is 2. The molecule has 0 unspecified atom stereocenters. The molecule has 5 nitrogen and oxygen atoms in total. The first kappa shape index (κ1) is 19.2. The molecule has 0 aromatic heterocycles. The SMILES string of the molecule is COc1ccc(Cl)cc1C(=O)OCC(=O)N(Cc1ccccc1F)C1CC1. The largest absolute Gasteiger partial charge is 0.496 e. The second kappa shape index (κ2) is 8.39. The van der Waals surface area contributed by atoms with E-state index in [-0.39, 0.29) is 29.9 Å². The summed E-state index contributed by atoms with van der Waals surface area (Å²) in [4.78, 5) is 26.4. The van der Waals surface area contributed by atoms with Gasteiger partial charge in [0.15, 0.2) is 6.61 Å². The Bertz CT molecular complexity index is 854. The van der Waals surface area contributed by atoms with Crippen molar-refractivity contribution in [2.24, 2.45) is 0 Å². The van der Waals surface area contributed by atoms with Crippen LogP contribution in [0.25, 0.3) is 0 Å². The fourth-order valence-corrected chi connectivity index (χ4v) is 2.92. The number of hydrogen-bond donors (Lipinski definition) is 0. The number of esters is 1. The van der Waals surface area contributed by atoms with Crippen molar-refractivity contribution in [1.29, 1.82) is 0 Å². The standard InChI is InChI=1S/C20H19ClFNO4/c1-26-18-9-6-14(21)10-16(18)20(25)27-12-19(24)23(15-7-8-15)11-13-4-2-3-5-17(13)22/h2-6,9-10,15H,7-8,11-12H2,1H3. The minimum atomic E-state index is -0.704. The van der Waals surface area contributed by atoms with Crippen molar-refractivity contribution in [3.8, 4) is 5.75 Å². The van der Waals surface area contributed by atoms with Crippen molar-refractivity contribution in [3.63, 3.8) is 0 Å². The van der Waals surface area contributed by atoms with Crippen molar-refractivity contribution in [2.45, 2.75) is 25.4 Å². The molecule has 3 rings (SSSR count). The van der Waals surface area contributed by atoms with Gasteiger partial charge in [-0.1, -0.05) is 29.8 Å². The Morgan fingerprint density at radius 2 is 1.96 bits per heavy atom. The topological polar surface area (TPSA) is 55.8 Å². The lowest BCUT2D eigenvalue weighted by Crippen LogP contribution is -2.36. The van der Waals surface area contributed by atoms with Gasteiger partial charge in [0.2, 0.25) is 0 Å². The first-order valence-corrected chi connectivity index (χ1v) is 8.91. The summed E-state index contributed by atoms with van der Waals surface area (Å²) in [6.07, 6.45) is 1.71. The molecular weight excluding hydrogens is 373 g/mol. The number of nitrogens with zero attached hydrogens (tertiary/aromatic N) is 1. The molecule has 0 spiro atoms. The lowest BCUT2D eigenvalue weighted by Gasteiger charge is -2.22. The highest BCUT2D eigenvalue weighted by Gasteiger charge is 2.33. The summed E-state index contributed by atoms with van der Waals surface area (Å²) in [6, 6.07) is 10.9. The van der Waals surface area contributed by atoms with Crippen LogP contribution in [0, 0.1) is 5.82 Å². The number of halogens is 2. The predicted molar refractivity (Wildman–Crippen MR) is 98.3 cm³/mol. The highest BCUT2D eigenvalue weighted by atomic mass is 35.5. The van der Waals surface area contributed by atoms with Gasteiger partial charge in [0.1, 0.15) is 17.1 Å². The number of methoxy groups -OCH3 is 1. The Labute approximate surface area is 161 Å². The fraction of sp³-hybridized carbons (Fsp3) is 0.300. The van der Waals surface area contributed by atoms with Crippen LogP contribution in [0.1, 0.15) is 28.8 Å². The third kappa shape index (κ3) is 4.77. The number of benzene rings is 2. The van der Waals surface area contributed by atoms with Crippen molar-refractivity contribution >= 4 is 23.5 Å². The summed E-state index contributed by atoms with van der Waals surface area (Å²) in [6.45, 7) is -0.284. The number of carbonyl (C=O) groups is 2. The fourth-order valence-electron chi connectivity index (χ4n) is 2.74. The van der Waals surface area contributed by atoms with Gasteiger partial charge in [0, 0.05) is 23.2 Å². The van der Waals surface area contributed by atoms with E-state index in [1.54, 1.807) is 35.2 Å². The average molecular weight is 392 g/mol. The Kier molecular flexibility index (Phi) is 5.96. The number of ether oxygens (including phenoxy) is 2. The molecule has 1 aliphatic carbocycles. The van der Waals surface area contributed by atoms with Crippen LogP contribution in [0.5, 0.6) is 5.75 Å². The molecule has 0 heterocycles. The van der Waals surface area contributed by atoms with E-state index in [4.69, 9.17) is 21.1 Å². The summed E-state index contributed by atoms with van der Waals surface area (Å²) in [7, 11) is 1.43. The van der Waals surface area contributed by atoms with Crippen LogP contribution in [0.4, 0.5) is 4.39 Å². The molecule has 2 aromatic rings. The zero-order valence-corrected chi connectivity index (χ0v) is 15.5. The molecule has 1 fully saturated rings. The predicted octanol–water partition coefficient (Wildman–Crippen LogP) is 3.84. The maximum absolute atomic E-state index is 13.9. The molecule has 1 saturated carbocycles. The van der Waals surface area contributed by atoms with Gasteiger partial charge in [-0.05, 0) is 37.1 Å². The summed E-state index contributed by atoms with van der Waals surface area (Å²) in [5.74, 6) is -1.13. The van der Waals surface area contributed by atoms with Crippen molar-refractivity contribution in [1.82, 2.24) is 4.90 Å². The zero-order chi connectivity index (χ0) is 19.4. The molecule has 1 aliphatic rings. The third-order valence-corrected chi connectivity index (χ3v) is 4.55. The van der Waals surface area contributed by atoms with Crippen molar-refractivity contribution < 1.29 is 23.5 Å². The average Bonchev–Trinajstić information content (AvgIpc) is 3.50. The minimum Gasteiger partial charge on any atom is -0.496 e. The van der Waals surface area contributed by atoms with E-state index in [2.05, 4.69) is 0 Å². The van der Waals surface area contributed by atoms with Crippen LogP contribution in [0.15, 0.2) is 42.5 Å². The quantitative estimate of drug-likeness (QED) is 0.673. The second-order valence-electron chi connectivity index (χ2n) is 6.26. The number of hydrogen-bond acceptors (Lipinski definition) is 4. The molecule has 142 valence electrons. The zero-order valence-electron chi connectivity index (χ0n) is 14.8. The second-order valence-corrected chi connectivity index (χ2v) is 6.70. The normalized spacial score (nSPS) is 13.1. The van der Waals surface area contributed by atoms with Gasteiger partial charge < -0.3 is 14.4 Å². The Balaban J connectivity index is 1.66. The Hall–Kier alpha value is -2.60. The highest BCUT2D eigenvalue weighted by Crippen LogP contribution is 2.29. The van der Waals surface area contributed by atoms with Gasteiger partial charge in [0.05, 0.1) is 7.11 Å². The first-order chi connectivity index (χ1) is 13.0.